The minimum atomic E-state index is -4.57. The average Bonchev–Trinajstić information content (AvgIpc) is 2.53. The summed E-state index contributed by atoms with van der Waals surface area (Å²) in [6.07, 6.45) is -4.57. The summed E-state index contributed by atoms with van der Waals surface area (Å²) in [6, 6.07) is 7.87. The molecule has 130 valence electrons. The van der Waals surface area contributed by atoms with E-state index in [0.29, 0.717) is 0 Å². The number of hydrogen-bond donors (Lipinski definition) is 0. The summed E-state index contributed by atoms with van der Waals surface area (Å²) in [5, 5.41) is 0.0796. The summed E-state index contributed by atoms with van der Waals surface area (Å²) in [6.45, 7) is 0. The third-order valence-electron chi connectivity index (χ3n) is 3.32. The van der Waals surface area contributed by atoms with Gasteiger partial charge in [-0.3, -0.25) is 4.31 Å². The lowest BCUT2D eigenvalue weighted by molar-refractivity contribution is -0.137. The Bertz CT molecular complexity index is 853. The molecule has 0 saturated heterocycles. The Balaban J connectivity index is 2.45. The molecule has 0 radical (unpaired) electrons. The van der Waals surface area contributed by atoms with Crippen molar-refractivity contribution in [3.63, 3.8) is 0 Å². The van der Waals surface area contributed by atoms with Crippen LogP contribution in [0.3, 0.4) is 0 Å². The van der Waals surface area contributed by atoms with E-state index in [-0.39, 0.29) is 21.4 Å². The molecule has 0 N–H and O–H groups in total. The van der Waals surface area contributed by atoms with Crippen molar-refractivity contribution in [3.8, 4) is 5.75 Å². The van der Waals surface area contributed by atoms with Crippen LogP contribution in [0.25, 0.3) is 0 Å². The van der Waals surface area contributed by atoms with Crippen LogP contribution in [0.4, 0.5) is 18.9 Å². The molecule has 0 aliphatic rings. The minimum absolute atomic E-state index is 0.0796. The maximum atomic E-state index is 12.8. The fraction of sp³-hybridized carbons (Fsp3) is 0.200. The highest BCUT2D eigenvalue weighted by Gasteiger charge is 2.31. The second-order valence-corrected chi connectivity index (χ2v) is 7.19. The monoisotopic (exact) mass is 379 g/mol. The molecule has 0 saturated carbocycles. The second kappa shape index (κ2) is 6.52. The van der Waals surface area contributed by atoms with E-state index in [1.807, 2.05) is 0 Å². The van der Waals surface area contributed by atoms with Crippen LogP contribution in [0.15, 0.2) is 47.4 Å². The number of hydrogen-bond acceptors (Lipinski definition) is 3. The molecule has 0 aliphatic heterocycles. The number of methoxy groups -OCH3 is 1. The molecule has 0 amide bonds. The Morgan fingerprint density at radius 3 is 2.33 bits per heavy atom. The first kappa shape index (κ1) is 18.4. The van der Waals surface area contributed by atoms with Gasteiger partial charge in [0.15, 0.2) is 0 Å². The normalized spacial score (nSPS) is 12.1. The molecule has 0 fully saturated rings. The summed E-state index contributed by atoms with van der Waals surface area (Å²) in [5.41, 5.74) is -1.05. The Morgan fingerprint density at radius 1 is 1.12 bits per heavy atom. The van der Waals surface area contributed by atoms with Crippen molar-refractivity contribution >= 4 is 27.3 Å². The first-order valence-corrected chi connectivity index (χ1v) is 8.39. The Labute approximate surface area is 142 Å². The molecule has 0 aromatic heterocycles. The van der Waals surface area contributed by atoms with E-state index in [4.69, 9.17) is 16.3 Å². The van der Waals surface area contributed by atoms with Crippen molar-refractivity contribution < 1.29 is 26.3 Å². The van der Waals surface area contributed by atoms with E-state index in [0.717, 1.165) is 22.5 Å². The van der Waals surface area contributed by atoms with Gasteiger partial charge < -0.3 is 4.74 Å². The van der Waals surface area contributed by atoms with E-state index in [9.17, 15) is 21.6 Å². The van der Waals surface area contributed by atoms with Crippen LogP contribution in [0.2, 0.25) is 5.02 Å². The Kier molecular flexibility index (Phi) is 5.00. The molecular formula is C15H13ClF3NO3S. The first-order chi connectivity index (χ1) is 11.1. The highest BCUT2D eigenvalue weighted by molar-refractivity contribution is 7.92. The largest absolute Gasteiger partial charge is 0.495 e. The van der Waals surface area contributed by atoms with Gasteiger partial charge in [-0.1, -0.05) is 17.7 Å². The van der Waals surface area contributed by atoms with Crippen LogP contribution in [0.5, 0.6) is 5.75 Å². The van der Waals surface area contributed by atoms with Crippen LogP contribution < -0.4 is 9.04 Å². The number of ether oxygens (including phenoxy) is 1. The van der Waals surface area contributed by atoms with Gasteiger partial charge in [0.2, 0.25) is 0 Å². The van der Waals surface area contributed by atoms with E-state index < -0.39 is 21.8 Å². The maximum Gasteiger partial charge on any atom is 0.416 e. The Morgan fingerprint density at radius 2 is 1.79 bits per heavy atom. The molecule has 4 nitrogen and oxygen atoms in total. The van der Waals surface area contributed by atoms with Crippen molar-refractivity contribution in [1.29, 1.82) is 0 Å². The van der Waals surface area contributed by atoms with Crippen molar-refractivity contribution in [2.45, 2.75) is 11.1 Å². The molecule has 0 heterocycles. The van der Waals surface area contributed by atoms with Crippen molar-refractivity contribution in [1.82, 2.24) is 0 Å². The Hall–Kier alpha value is -1.93. The van der Waals surface area contributed by atoms with Gasteiger partial charge in [-0.2, -0.15) is 13.2 Å². The van der Waals surface area contributed by atoms with Gasteiger partial charge in [0.25, 0.3) is 10.0 Å². The maximum absolute atomic E-state index is 12.8. The number of benzene rings is 2. The quantitative estimate of drug-likeness (QED) is 0.800. The lowest BCUT2D eigenvalue weighted by Crippen LogP contribution is -2.26. The number of halogens is 4. The van der Waals surface area contributed by atoms with Gasteiger partial charge in [-0.05, 0) is 36.4 Å². The third-order valence-corrected chi connectivity index (χ3v) is 5.40. The zero-order valence-corrected chi connectivity index (χ0v) is 14.2. The zero-order chi connectivity index (χ0) is 18.1. The van der Waals surface area contributed by atoms with Gasteiger partial charge in [0.05, 0.1) is 28.3 Å². The van der Waals surface area contributed by atoms with Gasteiger partial charge in [-0.25, -0.2) is 8.42 Å². The summed E-state index contributed by atoms with van der Waals surface area (Å²) < 4.78 is 69.3. The lowest BCUT2D eigenvalue weighted by atomic mass is 10.2. The van der Waals surface area contributed by atoms with Crippen LogP contribution >= 0.6 is 11.6 Å². The predicted molar refractivity (Wildman–Crippen MR) is 85.0 cm³/mol. The number of nitrogens with zero attached hydrogens (tertiary/aromatic N) is 1. The summed E-state index contributed by atoms with van der Waals surface area (Å²) >= 11 is 5.91. The van der Waals surface area contributed by atoms with Crippen LogP contribution in [0, 0.1) is 0 Å². The van der Waals surface area contributed by atoms with Crippen molar-refractivity contribution in [2.75, 3.05) is 18.5 Å². The minimum Gasteiger partial charge on any atom is -0.495 e. The number of rotatable bonds is 4. The van der Waals surface area contributed by atoms with E-state index in [1.165, 1.54) is 38.4 Å². The topological polar surface area (TPSA) is 46.6 Å². The first-order valence-electron chi connectivity index (χ1n) is 6.57. The predicted octanol–water partition coefficient (Wildman–Crippen LogP) is 4.19. The smallest absolute Gasteiger partial charge is 0.416 e. The molecule has 0 spiro atoms. The van der Waals surface area contributed by atoms with Gasteiger partial charge in [0, 0.05) is 7.05 Å². The molecule has 0 bridgehead atoms. The fourth-order valence-electron chi connectivity index (χ4n) is 1.98. The number of alkyl halides is 3. The van der Waals surface area contributed by atoms with Gasteiger partial charge >= 0.3 is 6.18 Å². The average molecular weight is 380 g/mol. The number of anilines is 1. The van der Waals surface area contributed by atoms with Crippen LogP contribution in [0.1, 0.15) is 5.56 Å². The molecule has 9 heteroatoms. The fourth-order valence-corrected chi connectivity index (χ4v) is 3.52. The molecule has 0 aliphatic carbocycles. The molecule has 0 atom stereocenters. The molecule has 2 rings (SSSR count). The van der Waals surface area contributed by atoms with E-state index in [2.05, 4.69) is 0 Å². The number of sulfonamides is 1. The summed E-state index contributed by atoms with van der Waals surface area (Å²) in [7, 11) is -1.53. The molecular weight excluding hydrogens is 367 g/mol. The molecule has 0 unspecified atom stereocenters. The zero-order valence-electron chi connectivity index (χ0n) is 12.6. The van der Waals surface area contributed by atoms with Crippen LogP contribution in [-0.4, -0.2) is 22.6 Å². The highest BCUT2D eigenvalue weighted by atomic mass is 35.5. The van der Waals surface area contributed by atoms with Crippen LogP contribution in [-0.2, 0) is 16.2 Å². The van der Waals surface area contributed by atoms with Crippen molar-refractivity contribution in [2.24, 2.45) is 0 Å². The molecule has 24 heavy (non-hydrogen) atoms. The second-order valence-electron chi connectivity index (χ2n) is 4.82. The third kappa shape index (κ3) is 3.59. The van der Waals surface area contributed by atoms with E-state index >= 15 is 0 Å². The van der Waals surface area contributed by atoms with Crippen molar-refractivity contribution in [3.05, 3.63) is 53.1 Å². The van der Waals surface area contributed by atoms with E-state index in [1.54, 1.807) is 0 Å². The molecule has 2 aromatic rings. The standard InChI is InChI=1S/C15H13ClF3NO3S/c1-20(11-5-3-4-10(8-11)15(17,18)19)24(21,22)12-6-7-14(23-2)13(16)9-12/h3-9H,1-2H3. The SMILES string of the molecule is COc1ccc(S(=O)(=O)N(C)c2cccc(C(F)(F)F)c2)cc1Cl. The lowest BCUT2D eigenvalue weighted by Gasteiger charge is -2.21. The van der Waals surface area contributed by atoms with Gasteiger partial charge in [-0.15, -0.1) is 0 Å². The highest BCUT2D eigenvalue weighted by Crippen LogP contribution is 2.33. The van der Waals surface area contributed by atoms with Gasteiger partial charge in [0.1, 0.15) is 5.75 Å². The summed E-state index contributed by atoms with van der Waals surface area (Å²) in [5.74, 6) is 0.289. The molecule has 2 aromatic carbocycles. The summed E-state index contributed by atoms with van der Waals surface area (Å²) in [4.78, 5) is -0.159.